The molecule has 2 aromatic rings. The van der Waals surface area contributed by atoms with Crippen molar-refractivity contribution in [2.24, 2.45) is 5.73 Å². The molecule has 0 saturated heterocycles. The molecule has 0 spiro atoms. The Morgan fingerprint density at radius 1 is 1.38 bits per heavy atom. The van der Waals surface area contributed by atoms with Crippen molar-refractivity contribution < 1.29 is 9.26 Å². The number of hydrogen-bond donors (Lipinski definition) is 1. The summed E-state index contributed by atoms with van der Waals surface area (Å²) in [5.74, 6) is 2.26. The Balaban J connectivity index is 2.14. The number of nitrogens with zero attached hydrogens (tertiary/aromatic N) is 2. The largest absolute Gasteiger partial charge is 0.483 e. The molecule has 0 unspecified atom stereocenters. The van der Waals surface area contributed by atoms with E-state index in [1.54, 1.807) is 0 Å². The zero-order valence-electron chi connectivity index (χ0n) is 12.5. The van der Waals surface area contributed by atoms with Crippen LogP contribution in [0.5, 0.6) is 5.75 Å². The van der Waals surface area contributed by atoms with Gasteiger partial charge < -0.3 is 15.0 Å². The summed E-state index contributed by atoms with van der Waals surface area (Å²) < 4.78 is 12.1. The minimum Gasteiger partial charge on any atom is -0.483 e. The van der Waals surface area contributed by atoms with Crippen LogP contribution in [0, 0.1) is 6.92 Å². The SMILES string of the molecule is Cc1cc(Br)cc(CCN)c1OCc1nc(C(C)C)no1. The minimum absolute atomic E-state index is 0.240. The summed E-state index contributed by atoms with van der Waals surface area (Å²) in [7, 11) is 0. The van der Waals surface area contributed by atoms with E-state index in [1.165, 1.54) is 0 Å². The van der Waals surface area contributed by atoms with Crippen LogP contribution in [0.15, 0.2) is 21.1 Å². The number of ether oxygens (including phenoxy) is 1. The van der Waals surface area contributed by atoms with Crippen LogP contribution >= 0.6 is 15.9 Å². The smallest absolute Gasteiger partial charge is 0.264 e. The van der Waals surface area contributed by atoms with Crippen LogP contribution in [0.4, 0.5) is 0 Å². The number of rotatable bonds is 6. The maximum absolute atomic E-state index is 5.88. The number of halogens is 1. The summed E-state index contributed by atoms with van der Waals surface area (Å²) >= 11 is 3.50. The van der Waals surface area contributed by atoms with Crippen LogP contribution in [0.25, 0.3) is 0 Å². The Kier molecular flexibility index (Phi) is 5.36. The van der Waals surface area contributed by atoms with Crippen molar-refractivity contribution in [3.8, 4) is 5.75 Å². The van der Waals surface area contributed by atoms with Gasteiger partial charge in [-0.05, 0) is 43.1 Å². The molecule has 0 saturated carbocycles. The van der Waals surface area contributed by atoms with E-state index < -0.39 is 0 Å². The molecule has 0 bridgehead atoms. The molecule has 0 fully saturated rings. The second kappa shape index (κ2) is 7.04. The summed E-state index contributed by atoms with van der Waals surface area (Å²) in [6.45, 7) is 6.89. The molecule has 0 amide bonds. The van der Waals surface area contributed by atoms with Crippen molar-refractivity contribution in [3.63, 3.8) is 0 Å². The molecule has 5 nitrogen and oxygen atoms in total. The van der Waals surface area contributed by atoms with E-state index in [9.17, 15) is 0 Å². The number of aromatic nitrogens is 2. The minimum atomic E-state index is 0.240. The topological polar surface area (TPSA) is 74.2 Å². The van der Waals surface area contributed by atoms with Crippen molar-refractivity contribution in [1.82, 2.24) is 10.1 Å². The van der Waals surface area contributed by atoms with Crippen LogP contribution in [-0.4, -0.2) is 16.7 Å². The van der Waals surface area contributed by atoms with Crippen LogP contribution in [0.3, 0.4) is 0 Å². The Bertz CT molecular complexity index is 611. The monoisotopic (exact) mass is 353 g/mol. The Hall–Kier alpha value is -1.40. The van der Waals surface area contributed by atoms with Gasteiger partial charge in [0.15, 0.2) is 12.4 Å². The molecular weight excluding hydrogens is 334 g/mol. The van der Waals surface area contributed by atoms with Crippen molar-refractivity contribution in [2.75, 3.05) is 6.54 Å². The zero-order valence-corrected chi connectivity index (χ0v) is 14.1. The first-order valence-corrected chi connectivity index (χ1v) is 7.75. The zero-order chi connectivity index (χ0) is 15.4. The van der Waals surface area contributed by atoms with Crippen LogP contribution in [-0.2, 0) is 13.0 Å². The summed E-state index contributed by atoms with van der Waals surface area (Å²) in [6, 6.07) is 4.05. The first kappa shape index (κ1) is 16.0. The first-order chi connectivity index (χ1) is 10.0. The highest BCUT2D eigenvalue weighted by atomic mass is 79.9. The van der Waals surface area contributed by atoms with E-state index in [0.29, 0.717) is 18.3 Å². The molecule has 2 N–H and O–H groups in total. The van der Waals surface area contributed by atoms with E-state index in [4.69, 9.17) is 15.0 Å². The predicted octanol–water partition coefficient (Wildman–Crippen LogP) is 3.34. The van der Waals surface area contributed by atoms with E-state index >= 15 is 0 Å². The van der Waals surface area contributed by atoms with Gasteiger partial charge in [-0.25, -0.2) is 0 Å². The lowest BCUT2D eigenvalue weighted by atomic mass is 10.1. The highest BCUT2D eigenvalue weighted by Gasteiger charge is 2.13. The van der Waals surface area contributed by atoms with Gasteiger partial charge in [0.25, 0.3) is 5.89 Å². The molecule has 0 radical (unpaired) electrons. The molecular formula is C15H20BrN3O2. The highest BCUT2D eigenvalue weighted by molar-refractivity contribution is 9.10. The number of aryl methyl sites for hydroxylation is 1. The molecule has 0 aliphatic carbocycles. The van der Waals surface area contributed by atoms with Gasteiger partial charge in [0.05, 0.1) is 0 Å². The van der Waals surface area contributed by atoms with Gasteiger partial charge >= 0.3 is 0 Å². The summed E-state index contributed by atoms with van der Waals surface area (Å²) in [5, 5.41) is 3.93. The lowest BCUT2D eigenvalue weighted by molar-refractivity contribution is 0.239. The predicted molar refractivity (Wildman–Crippen MR) is 84.4 cm³/mol. The van der Waals surface area contributed by atoms with Crippen molar-refractivity contribution in [2.45, 2.75) is 39.7 Å². The average Bonchev–Trinajstić information content (AvgIpc) is 2.87. The third-order valence-corrected chi connectivity index (χ3v) is 3.53. The number of nitrogens with two attached hydrogens (primary N) is 1. The maximum Gasteiger partial charge on any atom is 0.264 e. The molecule has 1 aromatic heterocycles. The van der Waals surface area contributed by atoms with Gasteiger partial charge in [0.1, 0.15) is 5.75 Å². The molecule has 0 aliphatic rings. The molecule has 1 aromatic carbocycles. The molecule has 21 heavy (non-hydrogen) atoms. The third kappa shape index (κ3) is 4.04. The van der Waals surface area contributed by atoms with Gasteiger partial charge in [0, 0.05) is 10.4 Å². The van der Waals surface area contributed by atoms with E-state index in [-0.39, 0.29) is 12.5 Å². The molecule has 0 atom stereocenters. The van der Waals surface area contributed by atoms with Gasteiger partial charge in [-0.15, -0.1) is 0 Å². The summed E-state index contributed by atoms with van der Waals surface area (Å²) in [5.41, 5.74) is 7.79. The van der Waals surface area contributed by atoms with Crippen LogP contribution < -0.4 is 10.5 Å². The normalized spacial score (nSPS) is 11.1. The van der Waals surface area contributed by atoms with E-state index in [1.807, 2.05) is 32.9 Å². The second-order valence-electron chi connectivity index (χ2n) is 5.24. The van der Waals surface area contributed by atoms with Crippen LogP contribution in [0.2, 0.25) is 0 Å². The molecule has 2 rings (SSSR count). The molecule has 0 aliphatic heterocycles. The number of hydrogen-bond acceptors (Lipinski definition) is 5. The van der Waals surface area contributed by atoms with Crippen molar-refractivity contribution in [1.29, 1.82) is 0 Å². The number of benzene rings is 1. The standard InChI is InChI=1S/C15H20BrN3O2/c1-9(2)15-18-13(21-19-15)8-20-14-10(3)6-12(16)7-11(14)4-5-17/h6-7,9H,4-5,8,17H2,1-3H3. The molecule has 114 valence electrons. The lowest BCUT2D eigenvalue weighted by Crippen LogP contribution is -2.07. The van der Waals surface area contributed by atoms with E-state index in [0.717, 1.165) is 27.8 Å². The maximum atomic E-state index is 5.88. The fraction of sp³-hybridized carbons (Fsp3) is 0.467. The van der Waals surface area contributed by atoms with Crippen molar-refractivity contribution in [3.05, 3.63) is 39.4 Å². The molecule has 6 heteroatoms. The van der Waals surface area contributed by atoms with Gasteiger partial charge in [0.2, 0.25) is 0 Å². The van der Waals surface area contributed by atoms with Crippen molar-refractivity contribution >= 4 is 15.9 Å². The van der Waals surface area contributed by atoms with Gasteiger partial charge in [-0.2, -0.15) is 4.98 Å². The Morgan fingerprint density at radius 3 is 2.76 bits per heavy atom. The summed E-state index contributed by atoms with van der Waals surface area (Å²) in [4.78, 5) is 4.31. The highest BCUT2D eigenvalue weighted by Crippen LogP contribution is 2.29. The average molecular weight is 354 g/mol. The second-order valence-corrected chi connectivity index (χ2v) is 6.15. The lowest BCUT2D eigenvalue weighted by Gasteiger charge is -2.13. The third-order valence-electron chi connectivity index (χ3n) is 3.07. The van der Waals surface area contributed by atoms with Gasteiger partial charge in [-0.3, -0.25) is 0 Å². The summed E-state index contributed by atoms with van der Waals surface area (Å²) in [6.07, 6.45) is 0.761. The van der Waals surface area contributed by atoms with Crippen LogP contribution in [0.1, 0.15) is 42.6 Å². The fourth-order valence-corrected chi connectivity index (χ4v) is 2.66. The Morgan fingerprint density at radius 2 is 2.14 bits per heavy atom. The first-order valence-electron chi connectivity index (χ1n) is 6.95. The molecule has 1 heterocycles. The van der Waals surface area contributed by atoms with E-state index in [2.05, 4.69) is 26.1 Å². The fourth-order valence-electron chi connectivity index (χ4n) is 2.04. The Labute approximate surface area is 133 Å². The quantitative estimate of drug-likeness (QED) is 0.861. The van der Waals surface area contributed by atoms with Gasteiger partial charge in [-0.1, -0.05) is 34.9 Å².